The zero-order valence-corrected chi connectivity index (χ0v) is 11.0. The number of carbonyl (C=O) groups excluding carboxylic acids is 1. The van der Waals surface area contributed by atoms with Crippen LogP contribution in [0.3, 0.4) is 0 Å². The van der Waals surface area contributed by atoms with E-state index in [9.17, 15) is 9.90 Å². The van der Waals surface area contributed by atoms with Gasteiger partial charge >= 0.3 is 0 Å². The van der Waals surface area contributed by atoms with Crippen LogP contribution in [0, 0.1) is 5.92 Å². The molecule has 0 bridgehead atoms. The lowest BCUT2D eigenvalue weighted by atomic mass is 10.1. The second-order valence-corrected chi connectivity index (χ2v) is 5.15. The molecule has 5 heteroatoms. The van der Waals surface area contributed by atoms with Crippen LogP contribution in [0.15, 0.2) is 0 Å². The summed E-state index contributed by atoms with van der Waals surface area (Å²) in [6, 6.07) is 0. The van der Waals surface area contributed by atoms with Crippen LogP contribution in [0.4, 0.5) is 0 Å². The van der Waals surface area contributed by atoms with Crippen molar-refractivity contribution in [3.8, 4) is 0 Å². The van der Waals surface area contributed by atoms with Crippen molar-refractivity contribution < 1.29 is 14.6 Å². The Morgan fingerprint density at radius 3 is 2.88 bits per heavy atom. The molecule has 5 nitrogen and oxygen atoms in total. The summed E-state index contributed by atoms with van der Waals surface area (Å²) < 4.78 is 5.39. The molecule has 1 saturated heterocycles. The number of hydrogen-bond donors (Lipinski definition) is 2. The quantitative estimate of drug-likeness (QED) is 0.705. The molecule has 0 saturated carbocycles. The van der Waals surface area contributed by atoms with Gasteiger partial charge in [0.1, 0.15) is 6.10 Å². The van der Waals surface area contributed by atoms with E-state index in [1.807, 2.05) is 20.9 Å². The van der Waals surface area contributed by atoms with E-state index in [4.69, 9.17) is 4.74 Å². The van der Waals surface area contributed by atoms with Gasteiger partial charge < -0.3 is 20.1 Å². The van der Waals surface area contributed by atoms with Crippen LogP contribution < -0.4 is 5.32 Å². The number of nitrogens with zero attached hydrogens (tertiary/aromatic N) is 1. The van der Waals surface area contributed by atoms with Crippen molar-refractivity contribution in [1.82, 2.24) is 10.2 Å². The smallest absolute Gasteiger partial charge is 0.250 e. The average Bonchev–Trinajstić information content (AvgIpc) is 2.25. The molecular formula is C12H24N2O3. The molecule has 2 unspecified atom stereocenters. The lowest BCUT2D eigenvalue weighted by molar-refractivity contribution is -0.138. The van der Waals surface area contributed by atoms with E-state index in [1.54, 1.807) is 0 Å². The Balaban J connectivity index is 2.24. The predicted molar refractivity (Wildman–Crippen MR) is 65.7 cm³/mol. The molecule has 1 amide bonds. The standard InChI is InChI=1S/C12H24N2O3/c1-9(2)6-10(15)7-13-12(16)11-8-14(3)4-5-17-11/h9-11,15H,4-8H2,1-3H3,(H,13,16). The number of morpholine rings is 1. The first kappa shape index (κ1) is 14.4. The van der Waals surface area contributed by atoms with Crippen LogP contribution in [-0.4, -0.2) is 61.4 Å². The fourth-order valence-electron chi connectivity index (χ4n) is 1.90. The van der Waals surface area contributed by atoms with Crippen molar-refractivity contribution in [2.75, 3.05) is 33.3 Å². The normalized spacial score (nSPS) is 23.7. The van der Waals surface area contributed by atoms with E-state index < -0.39 is 12.2 Å². The van der Waals surface area contributed by atoms with Gasteiger partial charge in [-0.2, -0.15) is 0 Å². The minimum Gasteiger partial charge on any atom is -0.391 e. The van der Waals surface area contributed by atoms with Crippen LogP contribution in [0.1, 0.15) is 20.3 Å². The molecule has 0 aromatic heterocycles. The summed E-state index contributed by atoms with van der Waals surface area (Å²) in [7, 11) is 1.97. The average molecular weight is 244 g/mol. The van der Waals surface area contributed by atoms with Crippen LogP contribution in [0.5, 0.6) is 0 Å². The topological polar surface area (TPSA) is 61.8 Å². The Morgan fingerprint density at radius 1 is 1.59 bits per heavy atom. The van der Waals surface area contributed by atoms with E-state index in [0.29, 0.717) is 32.0 Å². The summed E-state index contributed by atoms with van der Waals surface area (Å²) >= 11 is 0. The molecule has 2 atom stereocenters. The minimum absolute atomic E-state index is 0.126. The highest BCUT2D eigenvalue weighted by Crippen LogP contribution is 2.05. The van der Waals surface area contributed by atoms with Gasteiger partial charge in [0.05, 0.1) is 12.7 Å². The van der Waals surface area contributed by atoms with Crippen LogP contribution in [0.2, 0.25) is 0 Å². The van der Waals surface area contributed by atoms with E-state index in [-0.39, 0.29) is 5.91 Å². The van der Waals surface area contributed by atoms with Gasteiger partial charge in [-0.05, 0) is 19.4 Å². The molecule has 1 fully saturated rings. The molecule has 1 aliphatic heterocycles. The first-order valence-corrected chi connectivity index (χ1v) is 6.25. The number of aliphatic hydroxyl groups excluding tert-OH is 1. The van der Waals surface area contributed by atoms with Gasteiger partial charge in [0.15, 0.2) is 0 Å². The number of amides is 1. The predicted octanol–water partition coefficient (Wildman–Crippen LogP) is -0.160. The Labute approximate surface area is 103 Å². The molecular weight excluding hydrogens is 220 g/mol. The van der Waals surface area contributed by atoms with Crippen molar-refractivity contribution in [2.45, 2.75) is 32.5 Å². The SMILES string of the molecule is CC(C)CC(O)CNC(=O)C1CN(C)CCO1. The van der Waals surface area contributed by atoms with Gasteiger partial charge in [0, 0.05) is 19.6 Å². The van der Waals surface area contributed by atoms with Crippen LogP contribution in [0.25, 0.3) is 0 Å². The van der Waals surface area contributed by atoms with Crippen molar-refractivity contribution >= 4 is 5.91 Å². The Hall–Kier alpha value is -0.650. The number of hydrogen-bond acceptors (Lipinski definition) is 4. The van der Waals surface area contributed by atoms with Crippen LogP contribution in [-0.2, 0) is 9.53 Å². The third-order valence-corrected chi connectivity index (χ3v) is 2.82. The van der Waals surface area contributed by atoms with Crippen molar-refractivity contribution in [1.29, 1.82) is 0 Å². The summed E-state index contributed by atoms with van der Waals surface area (Å²) in [6.07, 6.45) is -0.175. The molecule has 17 heavy (non-hydrogen) atoms. The third-order valence-electron chi connectivity index (χ3n) is 2.82. The van der Waals surface area contributed by atoms with E-state index in [0.717, 1.165) is 6.54 Å². The number of likely N-dealkylation sites (N-methyl/N-ethyl adjacent to an activating group) is 1. The van der Waals surface area contributed by atoms with Gasteiger partial charge in [-0.3, -0.25) is 4.79 Å². The summed E-state index contributed by atoms with van der Waals surface area (Å²) in [4.78, 5) is 13.8. The maximum absolute atomic E-state index is 11.8. The van der Waals surface area contributed by atoms with Crippen molar-refractivity contribution in [2.24, 2.45) is 5.92 Å². The number of rotatable bonds is 5. The molecule has 2 N–H and O–H groups in total. The summed E-state index contributed by atoms with van der Waals surface area (Å²) in [5.41, 5.74) is 0. The highest BCUT2D eigenvalue weighted by Gasteiger charge is 2.24. The molecule has 1 rings (SSSR count). The zero-order chi connectivity index (χ0) is 12.8. The summed E-state index contributed by atoms with van der Waals surface area (Å²) in [6.45, 7) is 6.46. The lowest BCUT2D eigenvalue weighted by Crippen LogP contribution is -2.49. The number of nitrogens with one attached hydrogen (secondary N) is 1. The summed E-state index contributed by atoms with van der Waals surface area (Å²) in [5.74, 6) is 0.304. The minimum atomic E-state index is -0.472. The fraction of sp³-hybridized carbons (Fsp3) is 0.917. The highest BCUT2D eigenvalue weighted by molar-refractivity contribution is 5.81. The zero-order valence-electron chi connectivity index (χ0n) is 11.0. The van der Waals surface area contributed by atoms with Gasteiger partial charge in [-0.15, -0.1) is 0 Å². The van der Waals surface area contributed by atoms with Crippen molar-refractivity contribution in [3.63, 3.8) is 0 Å². The van der Waals surface area contributed by atoms with E-state index in [1.165, 1.54) is 0 Å². The van der Waals surface area contributed by atoms with Crippen molar-refractivity contribution in [3.05, 3.63) is 0 Å². The molecule has 0 radical (unpaired) electrons. The molecule has 0 aromatic carbocycles. The Morgan fingerprint density at radius 2 is 2.29 bits per heavy atom. The molecule has 0 spiro atoms. The van der Waals surface area contributed by atoms with Gasteiger partial charge in [0.2, 0.25) is 0 Å². The summed E-state index contributed by atoms with van der Waals surface area (Å²) in [5, 5.41) is 12.4. The first-order valence-electron chi connectivity index (χ1n) is 6.25. The third kappa shape index (κ3) is 5.48. The van der Waals surface area contributed by atoms with Gasteiger partial charge in [-0.1, -0.05) is 13.8 Å². The van der Waals surface area contributed by atoms with Crippen LogP contribution >= 0.6 is 0 Å². The number of carbonyl (C=O) groups is 1. The number of ether oxygens (including phenoxy) is 1. The largest absolute Gasteiger partial charge is 0.391 e. The van der Waals surface area contributed by atoms with Gasteiger partial charge in [0.25, 0.3) is 5.91 Å². The second-order valence-electron chi connectivity index (χ2n) is 5.15. The molecule has 1 heterocycles. The maximum atomic E-state index is 11.8. The highest BCUT2D eigenvalue weighted by atomic mass is 16.5. The maximum Gasteiger partial charge on any atom is 0.250 e. The number of aliphatic hydroxyl groups is 1. The van der Waals surface area contributed by atoms with E-state index in [2.05, 4.69) is 10.2 Å². The lowest BCUT2D eigenvalue weighted by Gasteiger charge is -2.29. The second kappa shape index (κ2) is 6.93. The Bertz CT molecular complexity index is 246. The van der Waals surface area contributed by atoms with E-state index >= 15 is 0 Å². The monoisotopic (exact) mass is 244 g/mol. The Kier molecular flexibility index (Phi) is 5.88. The molecule has 0 aliphatic carbocycles. The molecule has 100 valence electrons. The fourth-order valence-corrected chi connectivity index (χ4v) is 1.90. The molecule has 0 aromatic rings. The molecule has 1 aliphatic rings. The van der Waals surface area contributed by atoms with Gasteiger partial charge in [-0.25, -0.2) is 0 Å². The first-order chi connectivity index (χ1) is 7.99.